The van der Waals surface area contributed by atoms with E-state index in [1.54, 1.807) is 13.1 Å². The van der Waals surface area contributed by atoms with E-state index < -0.39 is 6.04 Å². The summed E-state index contributed by atoms with van der Waals surface area (Å²) < 4.78 is 0. The number of nitrogens with two attached hydrogens (primary N) is 1. The Morgan fingerprint density at radius 2 is 2.24 bits per heavy atom. The maximum absolute atomic E-state index is 11.8. The fourth-order valence-corrected chi connectivity index (χ4v) is 1.69. The van der Waals surface area contributed by atoms with Crippen molar-refractivity contribution in [3.8, 4) is 0 Å². The zero-order valence-corrected chi connectivity index (χ0v) is 10.6. The first kappa shape index (κ1) is 13.6. The summed E-state index contributed by atoms with van der Waals surface area (Å²) in [4.78, 5) is 17.9. The van der Waals surface area contributed by atoms with Gasteiger partial charge < -0.3 is 10.6 Å². The van der Waals surface area contributed by atoms with E-state index in [2.05, 4.69) is 11.9 Å². The predicted molar refractivity (Wildman–Crippen MR) is 68.5 cm³/mol. The van der Waals surface area contributed by atoms with Gasteiger partial charge in [-0.1, -0.05) is 13.0 Å². The number of hydrogen-bond acceptors (Lipinski definition) is 3. The lowest BCUT2D eigenvalue weighted by molar-refractivity contribution is -0.132. The molecule has 2 N–H and O–H groups in total. The molecule has 0 aromatic carbocycles. The van der Waals surface area contributed by atoms with Gasteiger partial charge in [0.2, 0.25) is 5.91 Å². The minimum absolute atomic E-state index is 0.0165. The molecule has 0 radical (unpaired) electrons. The van der Waals surface area contributed by atoms with Crippen molar-refractivity contribution in [1.29, 1.82) is 0 Å². The summed E-state index contributed by atoms with van der Waals surface area (Å²) in [5.74, 6) is 0.0165. The Hall–Kier alpha value is -1.42. The molecular weight excluding hydrogens is 214 g/mol. The van der Waals surface area contributed by atoms with Crippen LogP contribution in [0.3, 0.4) is 0 Å². The molecule has 0 saturated heterocycles. The molecule has 0 unspecified atom stereocenters. The molecule has 0 aliphatic rings. The van der Waals surface area contributed by atoms with Gasteiger partial charge in [0.05, 0.1) is 6.04 Å². The Kier molecular flexibility index (Phi) is 5.63. The predicted octanol–water partition coefficient (Wildman–Crippen LogP) is 1.21. The van der Waals surface area contributed by atoms with Gasteiger partial charge in [-0.05, 0) is 25.5 Å². The van der Waals surface area contributed by atoms with E-state index in [0.717, 1.165) is 25.1 Å². The zero-order valence-electron chi connectivity index (χ0n) is 10.6. The number of aromatic nitrogens is 1. The second kappa shape index (κ2) is 7.01. The topological polar surface area (TPSA) is 59.2 Å². The Balaban J connectivity index is 2.53. The van der Waals surface area contributed by atoms with Crippen molar-refractivity contribution in [2.75, 3.05) is 13.1 Å². The quantitative estimate of drug-likeness (QED) is 0.806. The minimum Gasteiger partial charge on any atom is -0.341 e. The normalized spacial score (nSPS) is 12.2. The van der Waals surface area contributed by atoms with Crippen LogP contribution in [0.15, 0.2) is 24.4 Å². The Labute approximate surface area is 103 Å². The number of carbonyl (C=O) groups is 1. The number of carbonyl (C=O) groups excluding carboxylic acids is 1. The van der Waals surface area contributed by atoms with E-state index in [0.29, 0.717) is 6.54 Å². The molecule has 0 saturated carbocycles. The second-order valence-electron chi connectivity index (χ2n) is 4.19. The van der Waals surface area contributed by atoms with E-state index in [-0.39, 0.29) is 5.91 Å². The molecule has 4 nitrogen and oxygen atoms in total. The first-order valence-corrected chi connectivity index (χ1v) is 6.09. The van der Waals surface area contributed by atoms with Crippen molar-refractivity contribution >= 4 is 5.91 Å². The zero-order chi connectivity index (χ0) is 12.7. The first-order valence-electron chi connectivity index (χ1n) is 6.09. The molecule has 1 amide bonds. The summed E-state index contributed by atoms with van der Waals surface area (Å²) in [6, 6.07) is 5.39. The molecule has 17 heavy (non-hydrogen) atoms. The summed E-state index contributed by atoms with van der Waals surface area (Å²) in [6.07, 6.45) is 3.49. The van der Waals surface area contributed by atoms with Gasteiger partial charge in [-0.2, -0.15) is 0 Å². The maximum Gasteiger partial charge on any atom is 0.239 e. The molecule has 0 aliphatic carbocycles. The first-order chi connectivity index (χ1) is 8.15. The lowest BCUT2D eigenvalue weighted by Crippen LogP contribution is -2.43. The molecule has 0 bridgehead atoms. The van der Waals surface area contributed by atoms with Crippen molar-refractivity contribution in [2.45, 2.75) is 32.7 Å². The van der Waals surface area contributed by atoms with Gasteiger partial charge in [-0.3, -0.25) is 9.78 Å². The van der Waals surface area contributed by atoms with E-state index in [4.69, 9.17) is 5.73 Å². The standard InChI is InChI=1S/C13H21N3O/c1-3-9-16(13(17)11(2)14)10-7-12-6-4-5-8-15-12/h4-6,8,11H,3,7,9-10,14H2,1-2H3/t11-/m1/s1. The third kappa shape index (κ3) is 4.53. The SMILES string of the molecule is CCCN(CCc1ccccn1)C(=O)[C@@H](C)N. The van der Waals surface area contributed by atoms with Crippen LogP contribution in [0.25, 0.3) is 0 Å². The molecule has 4 heteroatoms. The third-order valence-corrected chi connectivity index (χ3v) is 2.56. The van der Waals surface area contributed by atoms with E-state index >= 15 is 0 Å². The Morgan fingerprint density at radius 3 is 2.76 bits per heavy atom. The Bertz CT molecular complexity index is 338. The van der Waals surface area contributed by atoms with Gasteiger partial charge in [0, 0.05) is 31.4 Å². The third-order valence-electron chi connectivity index (χ3n) is 2.56. The van der Waals surface area contributed by atoms with Crippen LogP contribution in [0.2, 0.25) is 0 Å². The molecule has 1 atom stereocenters. The average Bonchev–Trinajstić information content (AvgIpc) is 2.34. The fourth-order valence-electron chi connectivity index (χ4n) is 1.69. The van der Waals surface area contributed by atoms with Crippen molar-refractivity contribution in [2.24, 2.45) is 5.73 Å². The molecule has 1 aromatic rings. The molecule has 1 heterocycles. The molecule has 1 rings (SSSR count). The second-order valence-corrected chi connectivity index (χ2v) is 4.19. The van der Waals surface area contributed by atoms with Crippen LogP contribution in [0.1, 0.15) is 26.0 Å². The summed E-state index contributed by atoms with van der Waals surface area (Å²) >= 11 is 0. The van der Waals surface area contributed by atoms with Gasteiger partial charge in [-0.25, -0.2) is 0 Å². The molecule has 1 aromatic heterocycles. The molecular formula is C13H21N3O. The van der Waals surface area contributed by atoms with Gasteiger partial charge in [0.15, 0.2) is 0 Å². The van der Waals surface area contributed by atoms with Gasteiger partial charge >= 0.3 is 0 Å². The summed E-state index contributed by atoms with van der Waals surface area (Å²) in [5.41, 5.74) is 6.63. The monoisotopic (exact) mass is 235 g/mol. The number of amides is 1. The van der Waals surface area contributed by atoms with E-state index in [1.807, 2.05) is 23.1 Å². The van der Waals surface area contributed by atoms with E-state index in [1.165, 1.54) is 0 Å². The summed E-state index contributed by atoms with van der Waals surface area (Å²) in [6.45, 7) is 5.23. The number of nitrogens with zero attached hydrogens (tertiary/aromatic N) is 2. The largest absolute Gasteiger partial charge is 0.341 e. The Morgan fingerprint density at radius 1 is 1.47 bits per heavy atom. The van der Waals surface area contributed by atoms with Crippen LogP contribution in [-0.4, -0.2) is 34.9 Å². The number of rotatable bonds is 6. The minimum atomic E-state index is -0.426. The van der Waals surface area contributed by atoms with Crippen molar-refractivity contribution in [3.05, 3.63) is 30.1 Å². The van der Waals surface area contributed by atoms with Crippen LogP contribution < -0.4 is 5.73 Å². The van der Waals surface area contributed by atoms with Crippen molar-refractivity contribution < 1.29 is 4.79 Å². The van der Waals surface area contributed by atoms with Crippen LogP contribution in [0.5, 0.6) is 0 Å². The van der Waals surface area contributed by atoms with Crippen LogP contribution >= 0.6 is 0 Å². The van der Waals surface area contributed by atoms with Crippen LogP contribution in [-0.2, 0) is 11.2 Å². The smallest absolute Gasteiger partial charge is 0.239 e. The highest BCUT2D eigenvalue weighted by Gasteiger charge is 2.16. The molecule has 0 fully saturated rings. The highest BCUT2D eigenvalue weighted by atomic mass is 16.2. The van der Waals surface area contributed by atoms with Crippen LogP contribution in [0.4, 0.5) is 0 Å². The van der Waals surface area contributed by atoms with Gasteiger partial charge in [0.25, 0.3) is 0 Å². The van der Waals surface area contributed by atoms with Crippen LogP contribution in [0, 0.1) is 0 Å². The van der Waals surface area contributed by atoms with Crippen molar-refractivity contribution in [3.63, 3.8) is 0 Å². The number of hydrogen-bond donors (Lipinski definition) is 1. The van der Waals surface area contributed by atoms with Gasteiger partial charge in [0.1, 0.15) is 0 Å². The fraction of sp³-hybridized carbons (Fsp3) is 0.538. The maximum atomic E-state index is 11.8. The lowest BCUT2D eigenvalue weighted by Gasteiger charge is -2.23. The van der Waals surface area contributed by atoms with E-state index in [9.17, 15) is 4.79 Å². The summed E-state index contributed by atoms with van der Waals surface area (Å²) in [7, 11) is 0. The lowest BCUT2D eigenvalue weighted by atomic mass is 10.2. The molecule has 0 spiro atoms. The van der Waals surface area contributed by atoms with Gasteiger partial charge in [-0.15, -0.1) is 0 Å². The van der Waals surface area contributed by atoms with Crippen molar-refractivity contribution in [1.82, 2.24) is 9.88 Å². The molecule has 0 aliphatic heterocycles. The highest BCUT2D eigenvalue weighted by Crippen LogP contribution is 2.01. The highest BCUT2D eigenvalue weighted by molar-refractivity contribution is 5.81. The number of pyridine rings is 1. The summed E-state index contributed by atoms with van der Waals surface area (Å²) in [5, 5.41) is 0. The average molecular weight is 235 g/mol. The molecule has 94 valence electrons.